The Bertz CT molecular complexity index is 1120. The van der Waals surface area contributed by atoms with Crippen LogP contribution in [0.25, 0.3) is 10.9 Å². The molecule has 3 aromatic rings. The van der Waals surface area contributed by atoms with E-state index in [1.807, 2.05) is 0 Å². The van der Waals surface area contributed by atoms with Gasteiger partial charge in [-0.15, -0.1) is 0 Å². The fraction of sp³-hybridized carbons (Fsp3) is 0.190. The molecule has 1 aliphatic heterocycles. The summed E-state index contributed by atoms with van der Waals surface area (Å²) in [7, 11) is 0. The Balaban J connectivity index is 1.99. The number of carbonyl (C=O) groups excluding carboxylic acids is 1. The fourth-order valence-corrected chi connectivity index (χ4v) is 3.43. The van der Waals surface area contributed by atoms with Crippen LogP contribution in [-0.2, 0) is 5.92 Å². The van der Waals surface area contributed by atoms with E-state index in [1.165, 1.54) is 26.1 Å². The van der Waals surface area contributed by atoms with E-state index in [9.17, 15) is 13.6 Å². The first kappa shape index (κ1) is 17.3. The topological polar surface area (TPSA) is 68.3 Å². The highest BCUT2D eigenvalue weighted by Gasteiger charge is 2.52. The summed E-state index contributed by atoms with van der Waals surface area (Å²) in [6.07, 6.45) is 1.51. The van der Waals surface area contributed by atoms with Crippen LogP contribution in [0.2, 0.25) is 0 Å². The standard InChI is InChI=1S/C21H17F2N3O/c1-20(2)21(22,23)16-6-4-3-5-14(16)18(26-20)12-7-8-17-15(11-12)13(19(24)27)9-10-25-17/h3-11H,1-2H3,(H2,24,27). The molecule has 2 aromatic carbocycles. The van der Waals surface area contributed by atoms with E-state index in [1.54, 1.807) is 42.5 Å². The van der Waals surface area contributed by atoms with Crippen LogP contribution in [0.5, 0.6) is 0 Å². The number of benzene rings is 2. The molecule has 27 heavy (non-hydrogen) atoms. The van der Waals surface area contributed by atoms with E-state index in [4.69, 9.17) is 5.73 Å². The van der Waals surface area contributed by atoms with E-state index >= 15 is 0 Å². The molecule has 0 saturated heterocycles. The second-order valence-electron chi connectivity index (χ2n) is 7.09. The Hall–Kier alpha value is -3.15. The summed E-state index contributed by atoms with van der Waals surface area (Å²) in [6, 6.07) is 13.2. The molecule has 2 heterocycles. The average molecular weight is 365 g/mol. The fourth-order valence-electron chi connectivity index (χ4n) is 3.43. The quantitative estimate of drug-likeness (QED) is 0.744. The summed E-state index contributed by atoms with van der Waals surface area (Å²) >= 11 is 0. The van der Waals surface area contributed by atoms with Gasteiger partial charge >= 0.3 is 0 Å². The number of hydrogen-bond donors (Lipinski definition) is 1. The number of aliphatic imine (C=N–C) groups is 1. The number of nitrogens with zero attached hydrogens (tertiary/aromatic N) is 2. The largest absolute Gasteiger partial charge is 0.366 e. The van der Waals surface area contributed by atoms with E-state index < -0.39 is 17.4 Å². The number of alkyl halides is 2. The van der Waals surface area contributed by atoms with Gasteiger partial charge in [-0.3, -0.25) is 14.8 Å². The number of aromatic nitrogens is 1. The first-order valence-corrected chi connectivity index (χ1v) is 8.49. The molecule has 0 saturated carbocycles. The van der Waals surface area contributed by atoms with Crippen LogP contribution in [0.1, 0.15) is 40.9 Å². The third-order valence-electron chi connectivity index (χ3n) is 4.96. The zero-order chi connectivity index (χ0) is 19.4. The molecule has 136 valence electrons. The Morgan fingerprint density at radius 3 is 2.56 bits per heavy atom. The van der Waals surface area contributed by atoms with Crippen molar-refractivity contribution >= 4 is 22.5 Å². The summed E-state index contributed by atoms with van der Waals surface area (Å²) in [4.78, 5) is 20.4. The van der Waals surface area contributed by atoms with Crippen molar-refractivity contribution in [2.24, 2.45) is 10.7 Å². The molecular formula is C21H17F2N3O. The number of pyridine rings is 1. The van der Waals surface area contributed by atoms with E-state index in [0.29, 0.717) is 33.3 Å². The van der Waals surface area contributed by atoms with Gasteiger partial charge in [0.2, 0.25) is 5.91 Å². The van der Waals surface area contributed by atoms with Gasteiger partial charge in [-0.2, -0.15) is 8.78 Å². The number of fused-ring (bicyclic) bond motifs is 2. The normalized spacial score (nSPS) is 17.3. The Labute approximate surface area is 154 Å². The lowest BCUT2D eigenvalue weighted by Crippen LogP contribution is -2.44. The molecule has 6 heteroatoms. The molecule has 0 spiro atoms. The molecule has 0 bridgehead atoms. The maximum absolute atomic E-state index is 14.9. The summed E-state index contributed by atoms with van der Waals surface area (Å²) < 4.78 is 29.8. The second kappa shape index (κ2) is 5.67. The second-order valence-corrected chi connectivity index (χ2v) is 7.09. The molecule has 0 fully saturated rings. The van der Waals surface area contributed by atoms with Crippen molar-refractivity contribution in [1.29, 1.82) is 0 Å². The van der Waals surface area contributed by atoms with Crippen molar-refractivity contribution in [3.05, 3.63) is 77.0 Å². The van der Waals surface area contributed by atoms with Gasteiger partial charge in [0.1, 0.15) is 5.54 Å². The van der Waals surface area contributed by atoms with Crippen LogP contribution < -0.4 is 5.73 Å². The van der Waals surface area contributed by atoms with Crippen molar-refractivity contribution in [2.75, 3.05) is 0 Å². The number of halogens is 2. The predicted octanol–water partition coefficient (Wildman–Crippen LogP) is 4.06. The number of amides is 1. The highest BCUT2D eigenvalue weighted by Crippen LogP contribution is 2.46. The molecular weight excluding hydrogens is 348 g/mol. The Morgan fingerprint density at radius 2 is 1.81 bits per heavy atom. The minimum absolute atomic E-state index is 0.0543. The number of rotatable bonds is 2. The maximum atomic E-state index is 14.9. The van der Waals surface area contributed by atoms with E-state index in [-0.39, 0.29) is 5.56 Å². The Kier molecular flexibility index (Phi) is 3.63. The van der Waals surface area contributed by atoms with Gasteiger partial charge in [-0.05, 0) is 32.0 Å². The van der Waals surface area contributed by atoms with Gasteiger partial charge in [0.05, 0.1) is 16.8 Å². The molecule has 4 rings (SSSR count). The lowest BCUT2D eigenvalue weighted by molar-refractivity contribution is -0.0681. The van der Waals surface area contributed by atoms with Gasteiger partial charge < -0.3 is 5.73 Å². The number of primary amides is 1. The molecule has 2 N–H and O–H groups in total. The molecule has 4 nitrogen and oxygen atoms in total. The minimum atomic E-state index is -3.09. The molecule has 0 aliphatic carbocycles. The summed E-state index contributed by atoms with van der Waals surface area (Å²) in [5.74, 6) is -3.67. The van der Waals surface area contributed by atoms with Crippen LogP contribution in [-0.4, -0.2) is 22.1 Å². The Morgan fingerprint density at radius 1 is 1.07 bits per heavy atom. The van der Waals surface area contributed by atoms with Gasteiger partial charge in [-0.25, -0.2) is 0 Å². The van der Waals surface area contributed by atoms with Crippen molar-refractivity contribution in [3.63, 3.8) is 0 Å². The number of hydrogen-bond acceptors (Lipinski definition) is 3. The highest BCUT2D eigenvalue weighted by molar-refractivity contribution is 6.17. The smallest absolute Gasteiger partial charge is 0.297 e. The van der Waals surface area contributed by atoms with Gasteiger partial charge in [0, 0.05) is 28.3 Å². The molecule has 1 aliphatic rings. The van der Waals surface area contributed by atoms with Gasteiger partial charge in [0.25, 0.3) is 5.92 Å². The highest BCUT2D eigenvalue weighted by atomic mass is 19.3. The van der Waals surface area contributed by atoms with Gasteiger partial charge in [-0.1, -0.05) is 30.3 Å². The third kappa shape index (κ3) is 2.51. The SMILES string of the molecule is CC1(C)N=C(c2ccc3nccc(C(N)=O)c3c2)c2ccccc2C1(F)F. The van der Waals surface area contributed by atoms with Crippen LogP contribution >= 0.6 is 0 Å². The van der Waals surface area contributed by atoms with Crippen molar-refractivity contribution in [1.82, 2.24) is 4.98 Å². The molecule has 0 unspecified atom stereocenters. The first-order chi connectivity index (χ1) is 12.7. The molecule has 0 atom stereocenters. The lowest BCUT2D eigenvalue weighted by atomic mass is 9.81. The molecule has 1 amide bonds. The zero-order valence-corrected chi connectivity index (χ0v) is 14.8. The lowest BCUT2D eigenvalue weighted by Gasteiger charge is -2.37. The van der Waals surface area contributed by atoms with Crippen molar-refractivity contribution < 1.29 is 13.6 Å². The summed E-state index contributed by atoms with van der Waals surface area (Å²) in [6.45, 7) is 2.83. The predicted molar refractivity (Wildman–Crippen MR) is 100 cm³/mol. The van der Waals surface area contributed by atoms with Crippen LogP contribution in [0.4, 0.5) is 8.78 Å². The molecule has 1 aromatic heterocycles. The minimum Gasteiger partial charge on any atom is -0.366 e. The third-order valence-corrected chi connectivity index (χ3v) is 4.96. The molecule has 0 radical (unpaired) electrons. The van der Waals surface area contributed by atoms with Gasteiger partial charge in [0.15, 0.2) is 0 Å². The van der Waals surface area contributed by atoms with Crippen molar-refractivity contribution in [2.45, 2.75) is 25.3 Å². The summed E-state index contributed by atoms with van der Waals surface area (Å²) in [5, 5.41) is 0.567. The first-order valence-electron chi connectivity index (χ1n) is 8.49. The zero-order valence-electron chi connectivity index (χ0n) is 14.8. The van der Waals surface area contributed by atoms with E-state index in [0.717, 1.165) is 0 Å². The van der Waals surface area contributed by atoms with Crippen LogP contribution in [0, 0.1) is 0 Å². The van der Waals surface area contributed by atoms with Crippen LogP contribution in [0.3, 0.4) is 0 Å². The summed E-state index contributed by atoms with van der Waals surface area (Å²) in [5.41, 5.74) is 6.21. The number of carbonyl (C=O) groups is 1. The van der Waals surface area contributed by atoms with Crippen molar-refractivity contribution in [3.8, 4) is 0 Å². The van der Waals surface area contributed by atoms with E-state index in [2.05, 4.69) is 9.98 Å². The monoisotopic (exact) mass is 365 g/mol. The van der Waals surface area contributed by atoms with Crippen LogP contribution in [0.15, 0.2) is 59.7 Å². The number of nitrogens with two attached hydrogens (primary N) is 1. The maximum Gasteiger partial charge on any atom is 0.297 e. The average Bonchev–Trinajstić information content (AvgIpc) is 2.64.